The third-order valence-electron chi connectivity index (χ3n) is 5.34. The predicted molar refractivity (Wildman–Crippen MR) is 106 cm³/mol. The summed E-state index contributed by atoms with van der Waals surface area (Å²) in [5.74, 6) is 1.48. The van der Waals surface area contributed by atoms with E-state index in [2.05, 4.69) is 26.7 Å². The number of carbonyl (C=O) groups is 1. The molecule has 0 bridgehead atoms. The van der Waals surface area contributed by atoms with Crippen LogP contribution in [0.25, 0.3) is 0 Å². The normalized spacial score (nSPS) is 23.1. The van der Waals surface area contributed by atoms with Crippen LogP contribution < -0.4 is 16.0 Å². The molecule has 0 radical (unpaired) electrons. The predicted octanol–water partition coefficient (Wildman–Crippen LogP) is 0.00693. The van der Waals surface area contributed by atoms with Crippen molar-refractivity contribution in [2.45, 2.75) is 25.3 Å². The number of rotatable bonds is 7. The van der Waals surface area contributed by atoms with Crippen LogP contribution in [0.15, 0.2) is 18.1 Å². The maximum absolute atomic E-state index is 11.9. The molecular weight excluding hydrogens is 370 g/mol. The molecule has 2 aliphatic rings. The average molecular weight is 394 g/mol. The number of nitrogens with two attached hydrogens (primary N) is 1. The van der Waals surface area contributed by atoms with E-state index in [1.807, 2.05) is 13.1 Å². The molecule has 2 unspecified atom stereocenters. The summed E-state index contributed by atoms with van der Waals surface area (Å²) in [7, 11) is 1.85. The molecule has 10 heteroatoms. The maximum atomic E-state index is 11.9. The van der Waals surface area contributed by atoms with Crippen molar-refractivity contribution in [1.82, 2.24) is 14.9 Å². The van der Waals surface area contributed by atoms with E-state index in [0.717, 1.165) is 12.8 Å². The van der Waals surface area contributed by atoms with Gasteiger partial charge < -0.3 is 26.3 Å². The van der Waals surface area contributed by atoms with Crippen LogP contribution in [0.1, 0.15) is 24.8 Å². The highest BCUT2D eigenvalue weighted by Gasteiger charge is 2.42. The highest BCUT2D eigenvalue weighted by Crippen LogP contribution is 2.39. The SMILES string of the molecule is C[NH2+]C=C(C=N)Nc1ncc(C#N)c(NC2CC3CN(C(=O)CC#N)CC3C2)n1. The molecule has 29 heavy (non-hydrogen) atoms. The lowest BCUT2D eigenvalue weighted by molar-refractivity contribution is -0.556. The van der Waals surface area contributed by atoms with E-state index in [1.165, 1.54) is 12.4 Å². The van der Waals surface area contributed by atoms with Crippen LogP contribution in [0.3, 0.4) is 0 Å². The molecular formula is C19H24N9O+. The number of nitrogens with one attached hydrogen (secondary N) is 3. The van der Waals surface area contributed by atoms with Crippen molar-refractivity contribution in [2.24, 2.45) is 11.8 Å². The molecule has 3 rings (SSSR count). The molecule has 1 saturated heterocycles. The van der Waals surface area contributed by atoms with E-state index in [1.54, 1.807) is 16.4 Å². The van der Waals surface area contributed by atoms with Gasteiger partial charge in [0.05, 0.1) is 19.3 Å². The van der Waals surface area contributed by atoms with Crippen LogP contribution in [0, 0.1) is 39.9 Å². The van der Waals surface area contributed by atoms with Crippen molar-refractivity contribution in [1.29, 1.82) is 15.9 Å². The third kappa shape index (κ3) is 4.68. The van der Waals surface area contributed by atoms with Crippen LogP contribution in [0.5, 0.6) is 0 Å². The third-order valence-corrected chi connectivity index (χ3v) is 5.34. The largest absolute Gasteiger partial charge is 0.366 e. The fraction of sp³-hybridized carbons (Fsp3) is 0.474. The van der Waals surface area contributed by atoms with Crippen LogP contribution in [-0.2, 0) is 4.79 Å². The minimum Gasteiger partial charge on any atom is -0.366 e. The van der Waals surface area contributed by atoms with Gasteiger partial charge in [-0.3, -0.25) is 4.79 Å². The highest BCUT2D eigenvalue weighted by atomic mass is 16.2. The number of nitriles is 2. The monoisotopic (exact) mass is 394 g/mol. The number of hydrogen-bond donors (Lipinski definition) is 4. The zero-order chi connectivity index (χ0) is 20.8. The van der Waals surface area contributed by atoms with E-state index < -0.39 is 0 Å². The highest BCUT2D eigenvalue weighted by molar-refractivity contribution is 5.79. The molecule has 5 N–H and O–H groups in total. The van der Waals surface area contributed by atoms with Crippen molar-refractivity contribution >= 4 is 23.9 Å². The number of allylic oxidation sites excluding steroid dienone is 1. The van der Waals surface area contributed by atoms with Crippen LogP contribution in [-0.4, -0.2) is 53.2 Å². The van der Waals surface area contributed by atoms with Gasteiger partial charge >= 0.3 is 0 Å². The number of fused-ring (bicyclic) bond motifs is 1. The maximum Gasteiger partial charge on any atom is 0.236 e. The van der Waals surface area contributed by atoms with Crippen LogP contribution >= 0.6 is 0 Å². The van der Waals surface area contributed by atoms with Crippen LogP contribution in [0.2, 0.25) is 0 Å². The van der Waals surface area contributed by atoms with E-state index in [-0.39, 0.29) is 18.4 Å². The van der Waals surface area contributed by atoms with Crippen molar-refractivity contribution in [2.75, 3.05) is 30.8 Å². The number of hydrogen-bond acceptors (Lipinski definition) is 8. The first kappa shape index (κ1) is 20.2. The van der Waals surface area contributed by atoms with Crippen molar-refractivity contribution in [3.63, 3.8) is 0 Å². The molecule has 2 fully saturated rings. The molecule has 1 aliphatic heterocycles. The lowest BCUT2D eigenvalue weighted by Crippen LogP contribution is -2.73. The van der Waals surface area contributed by atoms with E-state index in [4.69, 9.17) is 10.7 Å². The zero-order valence-electron chi connectivity index (χ0n) is 16.2. The van der Waals surface area contributed by atoms with Gasteiger partial charge in [0, 0.05) is 25.3 Å². The summed E-state index contributed by atoms with van der Waals surface area (Å²) < 4.78 is 0. The minimum atomic E-state index is -0.0935. The molecule has 1 saturated carbocycles. The second kappa shape index (κ2) is 9.13. The van der Waals surface area contributed by atoms with Gasteiger partial charge in [-0.05, 0) is 24.7 Å². The average Bonchev–Trinajstić information content (AvgIpc) is 3.27. The van der Waals surface area contributed by atoms with Crippen molar-refractivity contribution < 1.29 is 10.1 Å². The number of quaternary nitrogens is 1. The van der Waals surface area contributed by atoms with Gasteiger partial charge in [-0.25, -0.2) is 4.98 Å². The number of likely N-dealkylation sites (tertiary alicyclic amines) is 1. The van der Waals surface area contributed by atoms with Gasteiger partial charge in [-0.2, -0.15) is 15.5 Å². The Kier molecular flexibility index (Phi) is 6.37. The minimum absolute atomic E-state index is 0.0642. The summed E-state index contributed by atoms with van der Waals surface area (Å²) in [4.78, 5) is 22.3. The lowest BCUT2D eigenvalue weighted by Gasteiger charge is -2.20. The van der Waals surface area contributed by atoms with E-state index in [9.17, 15) is 10.1 Å². The van der Waals surface area contributed by atoms with Gasteiger partial charge in [0.15, 0.2) is 0 Å². The summed E-state index contributed by atoms with van der Waals surface area (Å²) in [5.41, 5.74) is 0.904. The standard InChI is InChI=1S/C19H23N9O/c1-23-9-16(7-22)26-19-24-8-14(6-21)18(27-19)25-15-4-12-10-28(11-13(12)5-15)17(29)2-3-20/h7-9,12-13,15,22-23H,2,4-5,10-11H2,1H3,(H2,24,25,26,27)/p+1. The molecule has 1 amide bonds. The summed E-state index contributed by atoms with van der Waals surface area (Å²) in [6.07, 6.45) is 6.08. The van der Waals surface area contributed by atoms with E-state index in [0.29, 0.717) is 48.0 Å². The summed E-state index contributed by atoms with van der Waals surface area (Å²) in [5, 5.41) is 33.7. The van der Waals surface area contributed by atoms with Gasteiger partial charge in [-0.1, -0.05) is 0 Å². The van der Waals surface area contributed by atoms with Crippen molar-refractivity contribution in [3.05, 3.63) is 23.7 Å². The Hall–Kier alpha value is -3.50. The van der Waals surface area contributed by atoms with Crippen molar-refractivity contribution in [3.8, 4) is 12.1 Å². The Morgan fingerprint density at radius 3 is 2.72 bits per heavy atom. The van der Waals surface area contributed by atoms with E-state index >= 15 is 0 Å². The Balaban J connectivity index is 1.65. The number of aromatic nitrogens is 2. The smallest absolute Gasteiger partial charge is 0.236 e. The van der Waals surface area contributed by atoms with Gasteiger partial charge in [0.2, 0.25) is 11.9 Å². The molecule has 10 nitrogen and oxygen atoms in total. The lowest BCUT2D eigenvalue weighted by atomic mass is 10.0. The Bertz CT molecular complexity index is 884. The van der Waals surface area contributed by atoms with Crippen LogP contribution in [0.4, 0.5) is 11.8 Å². The molecule has 0 spiro atoms. The first-order chi connectivity index (χ1) is 14.1. The molecule has 2 heterocycles. The Morgan fingerprint density at radius 1 is 1.41 bits per heavy atom. The molecule has 1 aromatic heterocycles. The second-order valence-electron chi connectivity index (χ2n) is 7.26. The first-order valence-corrected chi connectivity index (χ1v) is 9.53. The fourth-order valence-electron chi connectivity index (χ4n) is 4.06. The topological polar surface area (TPSA) is 158 Å². The molecule has 0 aromatic carbocycles. The Morgan fingerprint density at radius 2 is 2.14 bits per heavy atom. The molecule has 1 aliphatic carbocycles. The first-order valence-electron chi connectivity index (χ1n) is 9.53. The summed E-state index contributed by atoms with van der Waals surface area (Å²) >= 11 is 0. The summed E-state index contributed by atoms with van der Waals surface area (Å²) in [6, 6.07) is 4.19. The zero-order valence-corrected chi connectivity index (χ0v) is 16.2. The number of carbonyl (C=O) groups excluding carboxylic acids is 1. The van der Waals surface area contributed by atoms with Gasteiger partial charge in [-0.15, -0.1) is 0 Å². The Labute approximate surface area is 169 Å². The second-order valence-corrected chi connectivity index (χ2v) is 7.26. The quantitative estimate of drug-likeness (QED) is 0.474. The van der Waals surface area contributed by atoms with Gasteiger partial charge in [0.25, 0.3) is 0 Å². The number of nitrogens with zero attached hydrogens (tertiary/aromatic N) is 5. The number of amides is 1. The number of anilines is 2. The summed E-state index contributed by atoms with van der Waals surface area (Å²) in [6.45, 7) is 1.37. The molecule has 1 aromatic rings. The van der Waals surface area contributed by atoms with Gasteiger partial charge in [0.1, 0.15) is 35.8 Å². The molecule has 150 valence electrons. The molecule has 2 atom stereocenters. The fourth-order valence-corrected chi connectivity index (χ4v) is 4.06.